The Morgan fingerprint density at radius 1 is 1.47 bits per heavy atom. The molecule has 0 radical (unpaired) electrons. The van der Waals surface area contributed by atoms with Crippen LogP contribution < -0.4 is 5.73 Å². The first-order valence-corrected chi connectivity index (χ1v) is 6.32. The van der Waals surface area contributed by atoms with Crippen LogP contribution in [0.4, 0.5) is 0 Å². The van der Waals surface area contributed by atoms with Gasteiger partial charge in [-0.05, 0) is 37.3 Å². The second-order valence-electron chi connectivity index (χ2n) is 3.91. The minimum absolute atomic E-state index is 0.212. The molecule has 0 aliphatic heterocycles. The molecule has 15 heavy (non-hydrogen) atoms. The van der Waals surface area contributed by atoms with Gasteiger partial charge in [-0.1, -0.05) is 6.07 Å². The molecular formula is C12H16N2S. The monoisotopic (exact) mass is 220 g/mol. The van der Waals surface area contributed by atoms with E-state index in [1.54, 1.807) is 11.8 Å². The third-order valence-electron chi connectivity index (χ3n) is 2.52. The predicted octanol–water partition coefficient (Wildman–Crippen LogP) is 2.78. The number of hydrogen-bond acceptors (Lipinski definition) is 2. The Morgan fingerprint density at radius 2 is 2.27 bits per heavy atom. The molecule has 1 aromatic heterocycles. The van der Waals surface area contributed by atoms with Gasteiger partial charge in [0.05, 0.1) is 0 Å². The smallest absolute Gasteiger partial charge is 0.0468 e. The molecule has 80 valence electrons. The molecule has 0 spiro atoms. The maximum absolute atomic E-state index is 5.81. The van der Waals surface area contributed by atoms with Crippen molar-refractivity contribution in [3.63, 3.8) is 0 Å². The lowest BCUT2D eigenvalue weighted by atomic mass is 10.1. The molecule has 0 aliphatic rings. The highest BCUT2D eigenvalue weighted by atomic mass is 32.2. The third-order valence-corrected chi connectivity index (χ3v) is 3.24. The van der Waals surface area contributed by atoms with Gasteiger partial charge in [-0.25, -0.2) is 0 Å². The van der Waals surface area contributed by atoms with E-state index in [-0.39, 0.29) is 6.04 Å². The predicted molar refractivity (Wildman–Crippen MR) is 67.4 cm³/mol. The highest BCUT2D eigenvalue weighted by Crippen LogP contribution is 2.24. The van der Waals surface area contributed by atoms with Crippen molar-refractivity contribution in [2.75, 3.05) is 6.26 Å². The molecule has 0 aliphatic carbocycles. The summed E-state index contributed by atoms with van der Waals surface area (Å²) in [6.45, 7) is 2.04. The average molecular weight is 220 g/mol. The van der Waals surface area contributed by atoms with Crippen molar-refractivity contribution in [3.8, 4) is 0 Å². The zero-order valence-corrected chi connectivity index (χ0v) is 9.90. The second kappa shape index (κ2) is 4.29. The van der Waals surface area contributed by atoms with Crippen LogP contribution in [-0.2, 0) is 6.42 Å². The van der Waals surface area contributed by atoms with Gasteiger partial charge in [0.15, 0.2) is 0 Å². The van der Waals surface area contributed by atoms with Crippen LogP contribution in [0, 0.1) is 0 Å². The number of nitrogens with two attached hydrogens (primary N) is 1. The normalized spacial score (nSPS) is 13.3. The van der Waals surface area contributed by atoms with Gasteiger partial charge in [-0.15, -0.1) is 11.8 Å². The van der Waals surface area contributed by atoms with Gasteiger partial charge < -0.3 is 10.7 Å². The fourth-order valence-electron chi connectivity index (χ4n) is 1.81. The molecule has 2 nitrogen and oxygen atoms in total. The fourth-order valence-corrected chi connectivity index (χ4v) is 2.25. The van der Waals surface area contributed by atoms with Crippen LogP contribution in [0.15, 0.2) is 29.3 Å². The zero-order chi connectivity index (χ0) is 10.8. The van der Waals surface area contributed by atoms with E-state index >= 15 is 0 Å². The summed E-state index contributed by atoms with van der Waals surface area (Å²) in [4.78, 5) is 4.59. The summed E-state index contributed by atoms with van der Waals surface area (Å²) < 4.78 is 0. The Labute approximate surface area is 94.2 Å². The minimum atomic E-state index is 0.212. The molecule has 3 N–H and O–H groups in total. The molecule has 0 saturated heterocycles. The highest BCUT2D eigenvalue weighted by molar-refractivity contribution is 7.98. The molecule has 0 saturated carbocycles. The molecule has 2 rings (SSSR count). The number of thioether (sulfide) groups is 1. The highest BCUT2D eigenvalue weighted by Gasteiger charge is 2.05. The molecule has 0 amide bonds. The van der Waals surface area contributed by atoms with Gasteiger partial charge in [0.2, 0.25) is 0 Å². The summed E-state index contributed by atoms with van der Waals surface area (Å²) in [5, 5.41) is 1.30. The van der Waals surface area contributed by atoms with Crippen molar-refractivity contribution in [1.29, 1.82) is 0 Å². The van der Waals surface area contributed by atoms with E-state index in [0.29, 0.717) is 0 Å². The van der Waals surface area contributed by atoms with Crippen LogP contribution in [-0.4, -0.2) is 17.3 Å². The number of hydrogen-bond donors (Lipinski definition) is 2. The Hall–Kier alpha value is -0.930. The number of fused-ring (bicyclic) bond motifs is 1. The third kappa shape index (κ3) is 2.19. The standard InChI is InChI=1S/C12H16N2S/c1-8(13)5-9-7-14-12-6-10(15-2)3-4-11(9)12/h3-4,6-8,14H,5,13H2,1-2H3. The topological polar surface area (TPSA) is 41.8 Å². The first-order chi connectivity index (χ1) is 7.20. The van der Waals surface area contributed by atoms with Crippen molar-refractivity contribution in [2.24, 2.45) is 5.73 Å². The van der Waals surface area contributed by atoms with E-state index in [0.717, 1.165) is 6.42 Å². The molecule has 1 aromatic carbocycles. The maximum Gasteiger partial charge on any atom is 0.0468 e. The SMILES string of the molecule is CSc1ccc2c(CC(C)N)c[nH]c2c1. The number of nitrogens with one attached hydrogen (secondary N) is 1. The van der Waals surface area contributed by atoms with E-state index in [1.165, 1.54) is 21.4 Å². The van der Waals surface area contributed by atoms with Gasteiger partial charge in [-0.3, -0.25) is 0 Å². The van der Waals surface area contributed by atoms with Crippen LogP contribution in [0.1, 0.15) is 12.5 Å². The van der Waals surface area contributed by atoms with Gasteiger partial charge in [0.1, 0.15) is 0 Å². The molecule has 1 heterocycles. The fraction of sp³-hybridized carbons (Fsp3) is 0.333. The summed E-state index contributed by atoms with van der Waals surface area (Å²) in [5.74, 6) is 0. The molecule has 1 atom stereocenters. The summed E-state index contributed by atoms with van der Waals surface area (Å²) in [7, 11) is 0. The van der Waals surface area contributed by atoms with E-state index in [2.05, 4.69) is 35.6 Å². The van der Waals surface area contributed by atoms with Gasteiger partial charge in [0, 0.05) is 28.0 Å². The van der Waals surface area contributed by atoms with Crippen LogP contribution in [0.25, 0.3) is 10.9 Å². The van der Waals surface area contributed by atoms with Gasteiger partial charge in [-0.2, -0.15) is 0 Å². The Bertz CT molecular complexity index is 460. The molecule has 3 heteroatoms. The van der Waals surface area contributed by atoms with E-state index < -0.39 is 0 Å². The number of benzene rings is 1. The Morgan fingerprint density at radius 3 is 2.93 bits per heavy atom. The van der Waals surface area contributed by atoms with Crippen molar-refractivity contribution >= 4 is 22.7 Å². The van der Waals surface area contributed by atoms with Crippen molar-refractivity contribution in [1.82, 2.24) is 4.98 Å². The van der Waals surface area contributed by atoms with Crippen LogP contribution in [0.5, 0.6) is 0 Å². The lowest BCUT2D eigenvalue weighted by molar-refractivity contribution is 0.741. The number of rotatable bonds is 3. The van der Waals surface area contributed by atoms with Crippen molar-refractivity contribution in [3.05, 3.63) is 30.0 Å². The average Bonchev–Trinajstić information content (AvgIpc) is 2.60. The molecular weight excluding hydrogens is 204 g/mol. The van der Waals surface area contributed by atoms with E-state index in [4.69, 9.17) is 5.73 Å². The molecule has 0 bridgehead atoms. The molecule has 1 unspecified atom stereocenters. The summed E-state index contributed by atoms with van der Waals surface area (Å²) in [6.07, 6.45) is 5.09. The van der Waals surface area contributed by atoms with E-state index in [1.807, 2.05) is 6.92 Å². The first-order valence-electron chi connectivity index (χ1n) is 5.10. The summed E-state index contributed by atoms with van der Waals surface area (Å²) >= 11 is 1.76. The van der Waals surface area contributed by atoms with E-state index in [9.17, 15) is 0 Å². The Balaban J connectivity index is 2.43. The lowest BCUT2D eigenvalue weighted by Crippen LogP contribution is -2.17. The molecule has 2 aromatic rings. The maximum atomic E-state index is 5.81. The largest absolute Gasteiger partial charge is 0.361 e. The first kappa shape index (κ1) is 10.6. The number of aromatic nitrogens is 1. The zero-order valence-electron chi connectivity index (χ0n) is 9.08. The van der Waals surface area contributed by atoms with Crippen molar-refractivity contribution < 1.29 is 0 Å². The quantitative estimate of drug-likeness (QED) is 0.781. The second-order valence-corrected chi connectivity index (χ2v) is 4.79. The number of H-pyrrole nitrogens is 1. The minimum Gasteiger partial charge on any atom is -0.361 e. The van der Waals surface area contributed by atoms with Crippen molar-refractivity contribution in [2.45, 2.75) is 24.3 Å². The van der Waals surface area contributed by atoms with Crippen LogP contribution >= 0.6 is 11.8 Å². The van der Waals surface area contributed by atoms with Gasteiger partial charge >= 0.3 is 0 Å². The van der Waals surface area contributed by atoms with Crippen LogP contribution in [0.3, 0.4) is 0 Å². The lowest BCUT2D eigenvalue weighted by Gasteiger charge is -2.03. The summed E-state index contributed by atoms with van der Waals surface area (Å²) in [6, 6.07) is 6.73. The van der Waals surface area contributed by atoms with Crippen LogP contribution in [0.2, 0.25) is 0 Å². The Kier molecular flexibility index (Phi) is 3.03. The number of aromatic amines is 1. The summed E-state index contributed by atoms with van der Waals surface area (Å²) in [5.41, 5.74) is 8.33. The molecule has 0 fully saturated rings. The van der Waals surface area contributed by atoms with Gasteiger partial charge in [0.25, 0.3) is 0 Å².